The van der Waals surface area contributed by atoms with E-state index in [0.717, 1.165) is 11.3 Å². The number of nitrogens with zero attached hydrogens (tertiary/aromatic N) is 1. The second-order valence-electron chi connectivity index (χ2n) is 8.20. The van der Waals surface area contributed by atoms with Crippen LogP contribution in [0.1, 0.15) is 32.8 Å². The maximum Gasteiger partial charge on any atom is 0.412 e. The second kappa shape index (κ2) is 9.07. The Kier molecular flexibility index (Phi) is 6.50. The number of anilines is 2. The molecule has 0 spiro atoms. The molecule has 2 aromatic rings. The summed E-state index contributed by atoms with van der Waals surface area (Å²) in [5, 5.41) is 2.77. The fraction of sp³-hybridized carbons (Fsp3) is 0.391. The minimum absolute atomic E-state index is 0.166. The van der Waals surface area contributed by atoms with Crippen LogP contribution in [0.25, 0.3) is 0 Å². The van der Waals surface area contributed by atoms with Crippen LogP contribution in [0.4, 0.5) is 16.2 Å². The van der Waals surface area contributed by atoms with E-state index in [1.807, 2.05) is 57.2 Å². The van der Waals surface area contributed by atoms with Crippen molar-refractivity contribution in [3.8, 4) is 5.75 Å². The Morgan fingerprint density at radius 1 is 1.17 bits per heavy atom. The summed E-state index contributed by atoms with van der Waals surface area (Å²) in [6.45, 7) is 6.61. The highest BCUT2D eigenvalue weighted by atomic mass is 16.6. The summed E-state index contributed by atoms with van der Waals surface area (Å²) in [6.07, 6.45) is -0.672. The Hall–Kier alpha value is -3.22. The van der Waals surface area contributed by atoms with Crippen molar-refractivity contribution in [2.45, 2.75) is 45.4 Å². The Balaban J connectivity index is 1.84. The fourth-order valence-electron chi connectivity index (χ4n) is 3.25. The van der Waals surface area contributed by atoms with Crippen LogP contribution in [0.5, 0.6) is 5.75 Å². The maximum absolute atomic E-state index is 12.1. The van der Waals surface area contributed by atoms with Gasteiger partial charge in [-0.05, 0) is 44.5 Å². The highest BCUT2D eigenvalue weighted by Crippen LogP contribution is 2.37. The summed E-state index contributed by atoms with van der Waals surface area (Å²) in [5.41, 5.74) is 2.00. The fourth-order valence-corrected chi connectivity index (χ4v) is 3.25. The molecule has 2 aromatic carbocycles. The van der Waals surface area contributed by atoms with Gasteiger partial charge in [-0.1, -0.05) is 30.3 Å². The Labute approximate surface area is 176 Å². The van der Waals surface area contributed by atoms with Crippen molar-refractivity contribution in [1.82, 2.24) is 0 Å². The second-order valence-corrected chi connectivity index (χ2v) is 8.20. The Bertz CT molecular complexity index is 892. The Morgan fingerprint density at radius 3 is 2.57 bits per heavy atom. The van der Waals surface area contributed by atoms with E-state index in [-0.39, 0.29) is 18.5 Å². The van der Waals surface area contributed by atoms with Gasteiger partial charge < -0.3 is 19.1 Å². The summed E-state index contributed by atoms with van der Waals surface area (Å²) in [7, 11) is 1.37. The van der Waals surface area contributed by atoms with Gasteiger partial charge in [-0.15, -0.1) is 0 Å². The molecule has 0 aromatic heterocycles. The first-order valence-electron chi connectivity index (χ1n) is 9.90. The van der Waals surface area contributed by atoms with Crippen molar-refractivity contribution in [3.63, 3.8) is 0 Å². The van der Waals surface area contributed by atoms with Crippen molar-refractivity contribution in [1.29, 1.82) is 0 Å². The first-order valence-corrected chi connectivity index (χ1v) is 9.90. The van der Waals surface area contributed by atoms with Crippen LogP contribution >= 0.6 is 0 Å². The van der Waals surface area contributed by atoms with Crippen LogP contribution in [0.2, 0.25) is 0 Å². The quantitative estimate of drug-likeness (QED) is 0.735. The zero-order chi connectivity index (χ0) is 21.7. The van der Waals surface area contributed by atoms with Crippen molar-refractivity contribution in [3.05, 3.63) is 54.1 Å². The molecule has 30 heavy (non-hydrogen) atoms. The molecule has 7 heteroatoms. The summed E-state index contributed by atoms with van der Waals surface area (Å²) in [4.78, 5) is 26.1. The molecule has 1 aliphatic heterocycles. The number of nitrogens with one attached hydrogen (secondary N) is 1. The molecule has 1 heterocycles. The SMILES string of the molecule is COC(=O)C[C@H]1CN(Cc2ccccc2)c2cc(NC(=O)OC(C)(C)C)ccc2O1. The predicted molar refractivity (Wildman–Crippen MR) is 115 cm³/mol. The van der Waals surface area contributed by atoms with E-state index < -0.39 is 11.7 Å². The Morgan fingerprint density at radius 2 is 1.90 bits per heavy atom. The average molecular weight is 412 g/mol. The van der Waals surface area contributed by atoms with Crippen molar-refractivity contribution >= 4 is 23.4 Å². The normalized spacial score (nSPS) is 15.6. The monoisotopic (exact) mass is 412 g/mol. The number of hydrogen-bond acceptors (Lipinski definition) is 6. The number of ether oxygens (including phenoxy) is 3. The van der Waals surface area contributed by atoms with Crippen LogP contribution in [-0.4, -0.2) is 37.4 Å². The van der Waals surface area contributed by atoms with E-state index in [2.05, 4.69) is 10.2 Å². The predicted octanol–water partition coefficient (Wildman–Crippen LogP) is 4.36. The molecule has 1 N–H and O–H groups in total. The minimum atomic E-state index is -0.581. The molecule has 0 bridgehead atoms. The lowest BCUT2D eigenvalue weighted by Crippen LogP contribution is -2.41. The largest absolute Gasteiger partial charge is 0.486 e. The molecule has 0 aliphatic carbocycles. The van der Waals surface area contributed by atoms with Crippen molar-refractivity contribution in [2.24, 2.45) is 0 Å². The topological polar surface area (TPSA) is 77.1 Å². The third-order valence-electron chi connectivity index (χ3n) is 4.50. The van der Waals surface area contributed by atoms with Gasteiger partial charge in [0.2, 0.25) is 0 Å². The molecule has 3 rings (SSSR count). The molecular formula is C23H28N2O5. The summed E-state index contributed by atoms with van der Waals surface area (Å²) in [5.74, 6) is 0.340. The molecule has 160 valence electrons. The van der Waals surface area contributed by atoms with E-state index >= 15 is 0 Å². The summed E-state index contributed by atoms with van der Waals surface area (Å²) < 4.78 is 16.2. The van der Waals surface area contributed by atoms with Gasteiger partial charge in [-0.25, -0.2) is 4.79 Å². The molecule has 0 fully saturated rings. The average Bonchev–Trinajstić information content (AvgIpc) is 2.67. The van der Waals surface area contributed by atoms with E-state index in [1.54, 1.807) is 12.1 Å². The van der Waals surface area contributed by atoms with Gasteiger partial charge in [0.15, 0.2) is 0 Å². The third kappa shape index (κ3) is 5.89. The number of hydrogen-bond donors (Lipinski definition) is 1. The number of amides is 1. The molecule has 7 nitrogen and oxygen atoms in total. The van der Waals surface area contributed by atoms with Crippen molar-refractivity contribution < 1.29 is 23.8 Å². The molecule has 0 unspecified atom stereocenters. The third-order valence-corrected chi connectivity index (χ3v) is 4.50. The number of esters is 1. The number of fused-ring (bicyclic) bond motifs is 1. The molecule has 0 saturated heterocycles. The zero-order valence-electron chi connectivity index (χ0n) is 17.8. The molecule has 0 saturated carbocycles. The van der Waals surface area contributed by atoms with Crippen molar-refractivity contribution in [2.75, 3.05) is 23.9 Å². The van der Waals surface area contributed by atoms with Gasteiger partial charge in [-0.3, -0.25) is 10.1 Å². The molecule has 1 atom stereocenters. The van der Waals surface area contributed by atoms with Crippen LogP contribution in [0.3, 0.4) is 0 Å². The van der Waals surface area contributed by atoms with E-state index in [0.29, 0.717) is 24.5 Å². The van der Waals surface area contributed by atoms with E-state index in [1.165, 1.54) is 7.11 Å². The first kappa shape index (κ1) is 21.5. The number of rotatable bonds is 5. The lowest BCUT2D eigenvalue weighted by atomic mass is 10.1. The zero-order valence-corrected chi connectivity index (χ0v) is 17.8. The van der Waals surface area contributed by atoms with Gasteiger partial charge in [0.1, 0.15) is 17.5 Å². The highest BCUT2D eigenvalue weighted by Gasteiger charge is 2.28. The lowest BCUT2D eigenvalue weighted by molar-refractivity contribution is -0.142. The maximum atomic E-state index is 12.1. The molecule has 0 radical (unpaired) electrons. The van der Waals surface area contributed by atoms with Crippen LogP contribution in [0, 0.1) is 0 Å². The van der Waals surface area contributed by atoms with E-state index in [9.17, 15) is 9.59 Å². The van der Waals surface area contributed by atoms with Gasteiger partial charge in [-0.2, -0.15) is 0 Å². The minimum Gasteiger partial charge on any atom is -0.486 e. The van der Waals surface area contributed by atoms with Crippen LogP contribution in [0.15, 0.2) is 48.5 Å². The van der Waals surface area contributed by atoms with Gasteiger partial charge in [0, 0.05) is 12.2 Å². The van der Waals surface area contributed by atoms with E-state index in [4.69, 9.17) is 14.2 Å². The summed E-state index contributed by atoms with van der Waals surface area (Å²) in [6, 6.07) is 15.5. The number of methoxy groups -OCH3 is 1. The lowest BCUT2D eigenvalue weighted by Gasteiger charge is -2.36. The molecule has 1 amide bonds. The smallest absolute Gasteiger partial charge is 0.412 e. The highest BCUT2D eigenvalue weighted by molar-refractivity contribution is 5.86. The molecule has 1 aliphatic rings. The van der Waals surface area contributed by atoms with Gasteiger partial charge in [0.05, 0.1) is 25.8 Å². The first-order chi connectivity index (χ1) is 14.2. The van der Waals surface area contributed by atoms with Crippen LogP contribution in [-0.2, 0) is 20.8 Å². The van der Waals surface area contributed by atoms with Gasteiger partial charge >= 0.3 is 12.1 Å². The van der Waals surface area contributed by atoms with Crippen LogP contribution < -0.4 is 15.0 Å². The number of benzene rings is 2. The summed E-state index contributed by atoms with van der Waals surface area (Å²) >= 11 is 0. The standard InChI is InChI=1S/C23H28N2O5/c1-23(2,3)30-22(27)24-17-10-11-20-19(12-17)25(14-16-8-6-5-7-9-16)15-18(29-20)13-21(26)28-4/h5-12,18H,13-15H2,1-4H3,(H,24,27)/t18-/m0/s1. The van der Waals surface area contributed by atoms with Gasteiger partial charge in [0.25, 0.3) is 0 Å². The number of carbonyl (C=O) groups is 2. The number of carbonyl (C=O) groups excluding carboxylic acids is 2. The molecular weight excluding hydrogens is 384 g/mol.